The lowest BCUT2D eigenvalue weighted by Gasteiger charge is -2.07. The van der Waals surface area contributed by atoms with Gasteiger partial charge in [-0.1, -0.05) is 25.5 Å². The van der Waals surface area contributed by atoms with E-state index in [2.05, 4.69) is 17.6 Å². The molecule has 0 spiro atoms. The summed E-state index contributed by atoms with van der Waals surface area (Å²) in [6, 6.07) is 8.41. The molecule has 0 unspecified atom stereocenters. The number of nitrogens with one attached hydrogen (secondary N) is 2. The normalized spacial score (nSPS) is 10.4. The van der Waals surface area contributed by atoms with Crippen LogP contribution in [0.15, 0.2) is 30.3 Å². The quantitative estimate of drug-likeness (QED) is 0.433. The number of hydrogen-bond donors (Lipinski definition) is 2. The smallest absolute Gasteiger partial charge is 0.292 e. The van der Waals surface area contributed by atoms with E-state index in [0.717, 1.165) is 12.8 Å². The lowest BCUT2D eigenvalue weighted by Crippen LogP contribution is -2.28. The van der Waals surface area contributed by atoms with Gasteiger partial charge in [-0.15, -0.1) is 11.3 Å². The number of anilines is 1. The zero-order chi connectivity index (χ0) is 17.5. The molecular weight excluding hydrogens is 326 g/mol. The van der Waals surface area contributed by atoms with Crippen LogP contribution in [0.5, 0.6) is 0 Å². The number of carbonyl (C=O) groups is 1. The zero-order valence-corrected chi connectivity index (χ0v) is 14.6. The highest BCUT2D eigenvalue weighted by Crippen LogP contribution is 2.23. The average molecular weight is 347 g/mol. The number of aryl methyl sites for hydroxylation is 2. The highest BCUT2D eigenvalue weighted by atomic mass is 32.1. The fraction of sp³-hybridized carbons (Fsp3) is 0.353. The number of rotatable bonds is 8. The number of thiophene rings is 1. The summed E-state index contributed by atoms with van der Waals surface area (Å²) in [7, 11) is 0. The van der Waals surface area contributed by atoms with Gasteiger partial charge in [0.2, 0.25) is 0 Å². The first kappa shape index (κ1) is 17.9. The maximum Gasteiger partial charge on any atom is 0.292 e. The Bertz CT molecular complexity index is 728. The number of hydrogen-bond acceptors (Lipinski definition) is 5. The Hall–Kier alpha value is -2.41. The van der Waals surface area contributed by atoms with Crippen LogP contribution in [0.4, 0.5) is 11.4 Å². The molecule has 1 aromatic heterocycles. The number of nitro benzene ring substituents is 1. The van der Waals surface area contributed by atoms with Crippen LogP contribution >= 0.6 is 11.3 Å². The first-order chi connectivity index (χ1) is 11.5. The Kier molecular flexibility index (Phi) is 6.31. The van der Waals surface area contributed by atoms with Gasteiger partial charge >= 0.3 is 0 Å². The molecule has 1 heterocycles. The van der Waals surface area contributed by atoms with Crippen molar-refractivity contribution in [2.24, 2.45) is 0 Å². The maximum atomic E-state index is 12.2. The molecule has 0 saturated heterocycles. The van der Waals surface area contributed by atoms with E-state index in [4.69, 9.17) is 0 Å². The molecule has 7 heteroatoms. The molecule has 2 rings (SSSR count). The van der Waals surface area contributed by atoms with Crippen molar-refractivity contribution in [3.05, 3.63) is 55.8 Å². The van der Waals surface area contributed by atoms with Crippen LogP contribution in [-0.4, -0.2) is 23.9 Å². The number of benzene rings is 1. The van der Waals surface area contributed by atoms with Crippen LogP contribution in [-0.2, 0) is 6.42 Å². The lowest BCUT2D eigenvalue weighted by atomic mass is 10.1. The molecule has 1 aromatic carbocycles. The lowest BCUT2D eigenvalue weighted by molar-refractivity contribution is -0.384. The van der Waals surface area contributed by atoms with E-state index in [0.29, 0.717) is 23.7 Å². The molecule has 128 valence electrons. The highest BCUT2D eigenvalue weighted by Gasteiger charge is 2.13. The van der Waals surface area contributed by atoms with Crippen molar-refractivity contribution in [1.82, 2.24) is 5.32 Å². The molecular formula is C17H21N3O3S. The SMILES string of the molecule is CCCc1cc(C(=O)NCCNc2ccccc2[N+](=O)[O-])sc1C. The second-order valence-corrected chi connectivity index (χ2v) is 6.66. The van der Waals surface area contributed by atoms with Crippen molar-refractivity contribution < 1.29 is 9.72 Å². The third kappa shape index (κ3) is 4.55. The van der Waals surface area contributed by atoms with Crippen LogP contribution in [0.3, 0.4) is 0 Å². The third-order valence-corrected chi connectivity index (χ3v) is 4.68. The minimum absolute atomic E-state index is 0.0296. The molecule has 24 heavy (non-hydrogen) atoms. The first-order valence-corrected chi connectivity index (χ1v) is 8.69. The monoisotopic (exact) mass is 347 g/mol. The maximum absolute atomic E-state index is 12.2. The minimum atomic E-state index is -0.426. The number of nitro groups is 1. The van der Waals surface area contributed by atoms with Crippen molar-refractivity contribution in [3.63, 3.8) is 0 Å². The van der Waals surface area contributed by atoms with Crippen LogP contribution in [0.2, 0.25) is 0 Å². The summed E-state index contributed by atoms with van der Waals surface area (Å²) >= 11 is 1.50. The molecule has 0 saturated carbocycles. The second-order valence-electron chi connectivity index (χ2n) is 5.40. The predicted octanol–water partition coefficient (Wildman–Crippen LogP) is 3.76. The summed E-state index contributed by atoms with van der Waals surface area (Å²) in [6.07, 6.45) is 2.03. The summed E-state index contributed by atoms with van der Waals surface area (Å²) < 4.78 is 0. The number of carbonyl (C=O) groups excluding carboxylic acids is 1. The molecule has 6 nitrogen and oxygen atoms in total. The Balaban J connectivity index is 1.85. The van der Waals surface area contributed by atoms with Crippen molar-refractivity contribution in [3.8, 4) is 0 Å². The molecule has 0 bridgehead atoms. The van der Waals surface area contributed by atoms with Crippen LogP contribution < -0.4 is 10.6 Å². The summed E-state index contributed by atoms with van der Waals surface area (Å²) in [4.78, 5) is 24.6. The third-order valence-electron chi connectivity index (χ3n) is 3.59. The van der Waals surface area contributed by atoms with Gasteiger partial charge in [-0.2, -0.15) is 0 Å². The van der Waals surface area contributed by atoms with E-state index in [1.54, 1.807) is 18.2 Å². The number of nitrogens with zero attached hydrogens (tertiary/aromatic N) is 1. The Labute approximate surface area is 145 Å². The van der Waals surface area contributed by atoms with Gasteiger partial charge in [-0.05, 0) is 31.0 Å². The van der Waals surface area contributed by atoms with E-state index < -0.39 is 4.92 Å². The molecule has 2 N–H and O–H groups in total. The molecule has 0 radical (unpaired) electrons. The van der Waals surface area contributed by atoms with Crippen molar-refractivity contribution in [2.75, 3.05) is 18.4 Å². The standard InChI is InChI=1S/C17H21N3O3S/c1-3-6-13-11-16(24-12(13)2)17(21)19-10-9-18-14-7-4-5-8-15(14)20(22)23/h4-5,7-8,11,18H,3,6,9-10H2,1-2H3,(H,19,21). The van der Waals surface area contributed by atoms with E-state index in [-0.39, 0.29) is 11.6 Å². The van der Waals surface area contributed by atoms with Gasteiger partial charge in [0.15, 0.2) is 0 Å². The van der Waals surface area contributed by atoms with Gasteiger partial charge in [0.25, 0.3) is 11.6 Å². The minimum Gasteiger partial charge on any atom is -0.378 e. The Morgan fingerprint density at radius 2 is 2.04 bits per heavy atom. The van der Waals surface area contributed by atoms with Crippen LogP contribution in [0, 0.1) is 17.0 Å². The van der Waals surface area contributed by atoms with Crippen molar-refractivity contribution >= 4 is 28.6 Å². The summed E-state index contributed by atoms with van der Waals surface area (Å²) in [5.41, 5.74) is 1.71. The summed E-state index contributed by atoms with van der Waals surface area (Å²) in [6.45, 7) is 4.96. The number of para-hydroxylation sites is 2. The first-order valence-electron chi connectivity index (χ1n) is 7.87. The highest BCUT2D eigenvalue weighted by molar-refractivity contribution is 7.14. The summed E-state index contributed by atoms with van der Waals surface area (Å²) in [5, 5.41) is 16.8. The molecule has 0 aliphatic heterocycles. The molecule has 0 aliphatic carbocycles. The largest absolute Gasteiger partial charge is 0.378 e. The van der Waals surface area contributed by atoms with Crippen LogP contribution in [0.1, 0.15) is 33.5 Å². The van der Waals surface area contributed by atoms with Crippen LogP contribution in [0.25, 0.3) is 0 Å². The molecule has 0 aliphatic rings. The van der Waals surface area contributed by atoms with Gasteiger partial charge in [-0.25, -0.2) is 0 Å². The predicted molar refractivity (Wildman–Crippen MR) is 97.0 cm³/mol. The molecule has 2 aromatic rings. The van der Waals surface area contributed by atoms with Crippen molar-refractivity contribution in [2.45, 2.75) is 26.7 Å². The second kappa shape index (κ2) is 8.44. The van der Waals surface area contributed by atoms with Gasteiger partial charge in [0, 0.05) is 24.0 Å². The van der Waals surface area contributed by atoms with Gasteiger partial charge < -0.3 is 10.6 Å². The fourth-order valence-electron chi connectivity index (χ4n) is 2.39. The van der Waals surface area contributed by atoms with Gasteiger partial charge in [0.1, 0.15) is 5.69 Å². The Morgan fingerprint density at radius 3 is 2.75 bits per heavy atom. The molecule has 1 amide bonds. The van der Waals surface area contributed by atoms with Gasteiger partial charge in [-0.3, -0.25) is 14.9 Å². The van der Waals surface area contributed by atoms with E-state index in [1.165, 1.54) is 27.8 Å². The topological polar surface area (TPSA) is 84.3 Å². The molecule has 0 atom stereocenters. The fourth-order valence-corrected chi connectivity index (χ4v) is 3.38. The molecule has 0 fully saturated rings. The van der Waals surface area contributed by atoms with E-state index in [1.807, 2.05) is 13.0 Å². The summed E-state index contributed by atoms with van der Waals surface area (Å²) in [5.74, 6) is -0.102. The van der Waals surface area contributed by atoms with Gasteiger partial charge in [0.05, 0.1) is 9.80 Å². The van der Waals surface area contributed by atoms with E-state index in [9.17, 15) is 14.9 Å². The van der Waals surface area contributed by atoms with E-state index >= 15 is 0 Å². The Morgan fingerprint density at radius 1 is 1.29 bits per heavy atom. The number of amides is 1. The average Bonchev–Trinajstić information content (AvgIpc) is 2.93. The zero-order valence-electron chi connectivity index (χ0n) is 13.8. The van der Waals surface area contributed by atoms with Crippen molar-refractivity contribution in [1.29, 1.82) is 0 Å².